The molecule has 5 aromatic rings. The summed E-state index contributed by atoms with van der Waals surface area (Å²) in [7, 11) is 0. The lowest BCUT2D eigenvalue weighted by atomic mass is 9.98. The van der Waals surface area contributed by atoms with E-state index in [1.165, 1.54) is 16.9 Å². The Balaban J connectivity index is 1.22. The third kappa shape index (κ3) is 5.15. The van der Waals surface area contributed by atoms with Crippen LogP contribution >= 0.6 is 11.3 Å². The highest BCUT2D eigenvalue weighted by Crippen LogP contribution is 2.26. The van der Waals surface area contributed by atoms with Crippen molar-refractivity contribution in [1.82, 2.24) is 20.1 Å². The Morgan fingerprint density at radius 2 is 1.91 bits per heavy atom. The van der Waals surface area contributed by atoms with E-state index in [0.717, 1.165) is 45.5 Å². The summed E-state index contributed by atoms with van der Waals surface area (Å²) in [5.41, 5.74) is 5.23. The molecule has 1 amide bonds. The van der Waals surface area contributed by atoms with Gasteiger partial charge in [-0.2, -0.15) is 5.10 Å². The summed E-state index contributed by atoms with van der Waals surface area (Å²) < 4.78 is 7.53. The van der Waals surface area contributed by atoms with Gasteiger partial charge < -0.3 is 9.73 Å². The largest absolute Gasteiger partial charge is 0.459 e. The van der Waals surface area contributed by atoms with Crippen LogP contribution in [0.4, 0.5) is 0 Å². The van der Waals surface area contributed by atoms with Crippen LogP contribution < -0.4 is 5.32 Å². The zero-order chi connectivity index (χ0) is 23.3. The molecule has 5 rings (SSSR count). The third-order valence-corrected chi connectivity index (χ3v) is 6.41. The van der Waals surface area contributed by atoms with Crippen molar-refractivity contribution in [1.29, 1.82) is 0 Å². The molecule has 0 aliphatic rings. The monoisotopic (exact) mass is 468 g/mol. The van der Waals surface area contributed by atoms with Gasteiger partial charge in [0.1, 0.15) is 5.76 Å². The summed E-state index contributed by atoms with van der Waals surface area (Å²) in [4.78, 5) is 17.1. The van der Waals surface area contributed by atoms with Crippen molar-refractivity contribution in [2.24, 2.45) is 0 Å². The van der Waals surface area contributed by atoms with Crippen LogP contribution in [0, 0.1) is 6.92 Å². The standard InChI is InChI=1S/C27H24N4O2S/c1-19-7-12-25(33-19)27-30-23(18-34-27)15-26(32)28-16-22-5-2-3-6-24(22)21-10-8-20(9-11-21)17-31-14-4-13-29-31/h2-14,18H,15-17H2,1H3,(H,28,32). The fraction of sp³-hybridized carbons (Fsp3) is 0.148. The lowest BCUT2D eigenvalue weighted by Crippen LogP contribution is -2.25. The van der Waals surface area contributed by atoms with Crippen LogP contribution in [0.2, 0.25) is 0 Å². The van der Waals surface area contributed by atoms with Crippen molar-refractivity contribution in [2.45, 2.75) is 26.4 Å². The SMILES string of the molecule is Cc1ccc(-c2nc(CC(=O)NCc3ccccc3-c3ccc(Cn4cccn4)cc3)cs2)o1. The normalized spacial score (nSPS) is 11.0. The van der Waals surface area contributed by atoms with Crippen LogP contribution in [-0.2, 0) is 24.3 Å². The van der Waals surface area contributed by atoms with Crippen molar-refractivity contribution in [2.75, 3.05) is 0 Å². The highest BCUT2D eigenvalue weighted by Gasteiger charge is 2.12. The molecule has 0 atom stereocenters. The Morgan fingerprint density at radius 1 is 1.06 bits per heavy atom. The number of carbonyl (C=O) groups is 1. The molecule has 0 aliphatic heterocycles. The molecule has 7 heteroatoms. The van der Waals surface area contributed by atoms with Crippen LogP contribution in [0.5, 0.6) is 0 Å². The minimum absolute atomic E-state index is 0.0585. The number of amides is 1. The Labute approximate surface area is 201 Å². The van der Waals surface area contributed by atoms with Crippen molar-refractivity contribution in [3.63, 3.8) is 0 Å². The van der Waals surface area contributed by atoms with E-state index in [4.69, 9.17) is 4.42 Å². The minimum atomic E-state index is -0.0585. The molecule has 0 saturated heterocycles. The first kappa shape index (κ1) is 21.9. The number of nitrogens with one attached hydrogen (secondary N) is 1. The van der Waals surface area contributed by atoms with E-state index in [2.05, 4.69) is 45.7 Å². The van der Waals surface area contributed by atoms with Gasteiger partial charge in [0.15, 0.2) is 10.8 Å². The number of thiazole rings is 1. The van der Waals surface area contributed by atoms with Crippen LogP contribution in [0.3, 0.4) is 0 Å². The highest BCUT2D eigenvalue weighted by atomic mass is 32.1. The Kier molecular flexibility index (Phi) is 6.35. The molecule has 170 valence electrons. The number of nitrogens with zero attached hydrogens (tertiary/aromatic N) is 3. The molecule has 0 unspecified atom stereocenters. The van der Waals surface area contributed by atoms with Crippen LogP contribution in [0.15, 0.2) is 88.9 Å². The molecular formula is C27H24N4O2S. The maximum absolute atomic E-state index is 12.6. The van der Waals surface area contributed by atoms with Gasteiger partial charge in [0.25, 0.3) is 0 Å². The molecule has 0 fully saturated rings. The van der Waals surface area contributed by atoms with Crippen LogP contribution in [0.1, 0.15) is 22.6 Å². The van der Waals surface area contributed by atoms with E-state index in [0.29, 0.717) is 6.54 Å². The number of aromatic nitrogens is 3. The molecule has 3 heterocycles. The smallest absolute Gasteiger partial charge is 0.226 e. The summed E-state index contributed by atoms with van der Waals surface area (Å²) in [5.74, 6) is 1.52. The first-order valence-electron chi connectivity index (χ1n) is 11.1. The maximum Gasteiger partial charge on any atom is 0.226 e. The van der Waals surface area contributed by atoms with E-state index in [9.17, 15) is 4.79 Å². The van der Waals surface area contributed by atoms with Gasteiger partial charge in [-0.1, -0.05) is 48.5 Å². The van der Waals surface area contributed by atoms with E-state index < -0.39 is 0 Å². The third-order valence-electron chi connectivity index (χ3n) is 5.51. The zero-order valence-electron chi connectivity index (χ0n) is 18.8. The van der Waals surface area contributed by atoms with Gasteiger partial charge in [-0.05, 0) is 47.4 Å². The molecule has 6 nitrogen and oxygen atoms in total. The van der Waals surface area contributed by atoms with Gasteiger partial charge in [0, 0.05) is 24.3 Å². The van der Waals surface area contributed by atoms with E-state index in [-0.39, 0.29) is 12.3 Å². The lowest BCUT2D eigenvalue weighted by Gasteiger charge is -2.12. The number of hydrogen-bond donors (Lipinski definition) is 1. The fourth-order valence-electron chi connectivity index (χ4n) is 3.80. The summed E-state index contributed by atoms with van der Waals surface area (Å²) in [6.07, 6.45) is 3.98. The van der Waals surface area contributed by atoms with Crippen molar-refractivity contribution in [3.05, 3.63) is 107 Å². The summed E-state index contributed by atoms with van der Waals surface area (Å²) in [5, 5.41) is 10.0. The van der Waals surface area contributed by atoms with Crippen molar-refractivity contribution in [3.8, 4) is 21.9 Å². The van der Waals surface area contributed by atoms with Gasteiger partial charge in [-0.25, -0.2) is 4.98 Å². The Bertz CT molecular complexity index is 1380. The number of carbonyl (C=O) groups excluding carboxylic acids is 1. The Morgan fingerprint density at radius 3 is 2.68 bits per heavy atom. The van der Waals surface area contributed by atoms with Gasteiger partial charge in [-0.15, -0.1) is 11.3 Å². The zero-order valence-corrected chi connectivity index (χ0v) is 19.6. The summed E-state index contributed by atoms with van der Waals surface area (Å²) in [6.45, 7) is 3.10. The second kappa shape index (κ2) is 9.89. The molecule has 1 N–H and O–H groups in total. The topological polar surface area (TPSA) is 73.0 Å². The predicted molar refractivity (Wildman–Crippen MR) is 133 cm³/mol. The molecule has 0 bridgehead atoms. The number of furan rings is 1. The molecular weight excluding hydrogens is 444 g/mol. The highest BCUT2D eigenvalue weighted by molar-refractivity contribution is 7.13. The second-order valence-electron chi connectivity index (χ2n) is 8.07. The van der Waals surface area contributed by atoms with Crippen LogP contribution in [-0.4, -0.2) is 20.7 Å². The average Bonchev–Trinajstić information content (AvgIpc) is 3.61. The van der Waals surface area contributed by atoms with Crippen molar-refractivity contribution < 1.29 is 9.21 Å². The van der Waals surface area contributed by atoms with E-state index in [1.807, 2.05) is 59.6 Å². The molecule has 0 aliphatic carbocycles. The first-order chi connectivity index (χ1) is 16.6. The molecule has 0 saturated carbocycles. The average molecular weight is 469 g/mol. The second-order valence-corrected chi connectivity index (χ2v) is 8.92. The number of aryl methyl sites for hydroxylation is 1. The minimum Gasteiger partial charge on any atom is -0.459 e. The predicted octanol–water partition coefficient (Wildman–Crippen LogP) is 5.48. The quantitative estimate of drug-likeness (QED) is 0.327. The number of rotatable bonds is 8. The molecule has 3 aromatic heterocycles. The van der Waals surface area contributed by atoms with E-state index >= 15 is 0 Å². The fourth-order valence-corrected chi connectivity index (χ4v) is 4.58. The maximum atomic E-state index is 12.6. The Hall–Kier alpha value is -3.97. The molecule has 0 spiro atoms. The van der Waals surface area contributed by atoms with Gasteiger partial charge in [0.2, 0.25) is 5.91 Å². The number of hydrogen-bond acceptors (Lipinski definition) is 5. The molecule has 2 aromatic carbocycles. The van der Waals surface area contributed by atoms with Gasteiger partial charge in [0.05, 0.1) is 18.7 Å². The lowest BCUT2D eigenvalue weighted by molar-refractivity contribution is -0.120. The summed E-state index contributed by atoms with van der Waals surface area (Å²) in [6, 6.07) is 22.4. The first-order valence-corrected chi connectivity index (χ1v) is 11.9. The summed E-state index contributed by atoms with van der Waals surface area (Å²) >= 11 is 1.48. The molecule has 0 radical (unpaired) electrons. The van der Waals surface area contributed by atoms with E-state index in [1.54, 1.807) is 6.20 Å². The van der Waals surface area contributed by atoms with Gasteiger partial charge in [-0.3, -0.25) is 9.48 Å². The van der Waals surface area contributed by atoms with Crippen molar-refractivity contribution >= 4 is 17.2 Å². The van der Waals surface area contributed by atoms with Gasteiger partial charge >= 0.3 is 0 Å². The number of benzene rings is 2. The molecule has 34 heavy (non-hydrogen) atoms. The van der Waals surface area contributed by atoms with Crippen LogP contribution in [0.25, 0.3) is 21.9 Å².